The molecule has 1 aliphatic rings. The fourth-order valence-electron chi connectivity index (χ4n) is 2.94. The molecular formula is C15H22N4O. The van der Waals surface area contributed by atoms with Crippen LogP contribution >= 0.6 is 0 Å². The smallest absolute Gasteiger partial charge is 0.201 e. The molecule has 2 aromatic rings. The van der Waals surface area contributed by atoms with Crippen molar-refractivity contribution >= 4 is 17.0 Å². The van der Waals surface area contributed by atoms with Gasteiger partial charge in [0.05, 0.1) is 18.2 Å². The summed E-state index contributed by atoms with van der Waals surface area (Å²) in [6, 6.07) is 6.47. The van der Waals surface area contributed by atoms with Crippen molar-refractivity contribution in [1.82, 2.24) is 14.5 Å². The summed E-state index contributed by atoms with van der Waals surface area (Å²) in [6.45, 7) is 4.94. The zero-order chi connectivity index (χ0) is 14.1. The Labute approximate surface area is 119 Å². The monoisotopic (exact) mass is 274 g/mol. The number of fused-ring (bicyclic) bond motifs is 1. The van der Waals surface area contributed by atoms with Crippen molar-refractivity contribution in [2.75, 3.05) is 32.5 Å². The molecule has 0 saturated carbocycles. The van der Waals surface area contributed by atoms with Gasteiger partial charge in [-0.25, -0.2) is 4.98 Å². The van der Waals surface area contributed by atoms with E-state index >= 15 is 0 Å². The van der Waals surface area contributed by atoms with Gasteiger partial charge in [-0.2, -0.15) is 0 Å². The molecule has 1 unspecified atom stereocenters. The molecule has 1 fully saturated rings. The van der Waals surface area contributed by atoms with Crippen molar-refractivity contribution in [2.45, 2.75) is 25.8 Å². The van der Waals surface area contributed by atoms with Gasteiger partial charge in [-0.3, -0.25) is 0 Å². The highest BCUT2D eigenvalue weighted by Crippen LogP contribution is 2.32. The highest BCUT2D eigenvalue weighted by atomic mass is 16.5. The van der Waals surface area contributed by atoms with Crippen molar-refractivity contribution in [3.05, 3.63) is 18.2 Å². The SMILES string of the molecule is CCCOc1cccc2c1nc(N)n2C1CCN(C)C1. The van der Waals surface area contributed by atoms with E-state index in [-0.39, 0.29) is 0 Å². The van der Waals surface area contributed by atoms with Crippen LogP contribution in [0.5, 0.6) is 5.75 Å². The van der Waals surface area contributed by atoms with Crippen LogP contribution in [0.1, 0.15) is 25.8 Å². The largest absolute Gasteiger partial charge is 0.491 e. The van der Waals surface area contributed by atoms with Gasteiger partial charge in [0.25, 0.3) is 0 Å². The summed E-state index contributed by atoms with van der Waals surface area (Å²) in [4.78, 5) is 6.86. The maximum Gasteiger partial charge on any atom is 0.201 e. The maximum absolute atomic E-state index is 6.15. The van der Waals surface area contributed by atoms with Crippen molar-refractivity contribution in [2.24, 2.45) is 0 Å². The van der Waals surface area contributed by atoms with E-state index in [1.54, 1.807) is 0 Å². The first-order valence-corrected chi connectivity index (χ1v) is 7.28. The molecule has 2 heterocycles. The molecule has 0 amide bonds. The van der Waals surface area contributed by atoms with Crippen LogP contribution in [-0.2, 0) is 0 Å². The number of ether oxygens (including phenoxy) is 1. The predicted molar refractivity (Wildman–Crippen MR) is 81.1 cm³/mol. The van der Waals surface area contributed by atoms with Crippen LogP contribution in [0.15, 0.2) is 18.2 Å². The van der Waals surface area contributed by atoms with Gasteiger partial charge in [0.2, 0.25) is 5.95 Å². The molecule has 5 nitrogen and oxygen atoms in total. The third-order valence-corrected chi connectivity index (χ3v) is 3.90. The number of nitrogen functional groups attached to an aromatic ring is 1. The quantitative estimate of drug-likeness (QED) is 0.929. The van der Waals surface area contributed by atoms with E-state index in [1.807, 2.05) is 12.1 Å². The van der Waals surface area contributed by atoms with Gasteiger partial charge in [-0.1, -0.05) is 13.0 Å². The molecule has 3 rings (SSSR count). The zero-order valence-electron chi connectivity index (χ0n) is 12.2. The van der Waals surface area contributed by atoms with Gasteiger partial charge in [0.1, 0.15) is 11.3 Å². The standard InChI is InChI=1S/C15H22N4O/c1-3-9-20-13-6-4-5-12-14(13)17-15(16)19(12)11-7-8-18(2)10-11/h4-6,11H,3,7-10H2,1-2H3,(H2,16,17). The van der Waals surface area contributed by atoms with Crippen molar-refractivity contribution in [3.63, 3.8) is 0 Å². The average molecular weight is 274 g/mol. The molecule has 1 aromatic carbocycles. The number of likely N-dealkylation sites (N-methyl/N-ethyl adjacent to an activating group) is 1. The van der Waals surface area contributed by atoms with Crippen molar-refractivity contribution < 1.29 is 4.74 Å². The molecule has 0 spiro atoms. The van der Waals surface area contributed by atoms with E-state index in [2.05, 4.69) is 34.5 Å². The first-order valence-electron chi connectivity index (χ1n) is 7.28. The second-order valence-corrected chi connectivity index (χ2v) is 5.52. The second-order valence-electron chi connectivity index (χ2n) is 5.52. The first-order chi connectivity index (χ1) is 9.70. The summed E-state index contributed by atoms with van der Waals surface area (Å²) in [5, 5.41) is 0. The lowest BCUT2D eigenvalue weighted by molar-refractivity contribution is 0.320. The number of para-hydroxylation sites is 1. The number of nitrogens with two attached hydrogens (primary N) is 1. The van der Waals surface area contributed by atoms with Gasteiger partial charge < -0.3 is 19.9 Å². The van der Waals surface area contributed by atoms with Crippen LogP contribution in [0, 0.1) is 0 Å². The minimum Gasteiger partial charge on any atom is -0.491 e. The Morgan fingerprint density at radius 3 is 3.00 bits per heavy atom. The predicted octanol–water partition coefficient (Wildman–Crippen LogP) is 2.28. The van der Waals surface area contributed by atoms with E-state index in [1.165, 1.54) is 0 Å². The van der Waals surface area contributed by atoms with Gasteiger partial charge in [-0.05, 0) is 38.6 Å². The Balaban J connectivity index is 2.03. The number of aromatic nitrogens is 2. The molecular weight excluding hydrogens is 252 g/mol. The minimum absolute atomic E-state index is 0.409. The number of anilines is 1. The molecule has 0 aliphatic carbocycles. The summed E-state index contributed by atoms with van der Waals surface area (Å²) in [7, 11) is 2.14. The maximum atomic E-state index is 6.15. The Morgan fingerprint density at radius 1 is 1.45 bits per heavy atom. The minimum atomic E-state index is 0.409. The summed E-state index contributed by atoms with van der Waals surface area (Å²) in [6.07, 6.45) is 2.10. The number of rotatable bonds is 4. The third-order valence-electron chi connectivity index (χ3n) is 3.90. The molecule has 1 saturated heterocycles. The molecule has 20 heavy (non-hydrogen) atoms. The molecule has 108 valence electrons. The number of hydrogen-bond acceptors (Lipinski definition) is 4. The first kappa shape index (κ1) is 13.2. The lowest BCUT2D eigenvalue weighted by atomic mass is 10.2. The fraction of sp³-hybridized carbons (Fsp3) is 0.533. The van der Waals surface area contributed by atoms with Crippen LogP contribution in [0.4, 0.5) is 5.95 Å². The van der Waals surface area contributed by atoms with E-state index in [4.69, 9.17) is 10.5 Å². The number of nitrogens with zero attached hydrogens (tertiary/aromatic N) is 3. The van der Waals surface area contributed by atoms with Crippen molar-refractivity contribution in [1.29, 1.82) is 0 Å². The lowest BCUT2D eigenvalue weighted by Crippen LogP contribution is -2.17. The van der Waals surface area contributed by atoms with E-state index in [0.717, 1.165) is 42.7 Å². The normalized spacial score (nSPS) is 19.8. The lowest BCUT2D eigenvalue weighted by Gasteiger charge is -2.15. The van der Waals surface area contributed by atoms with Gasteiger partial charge in [0.15, 0.2) is 0 Å². The Bertz CT molecular complexity index is 607. The van der Waals surface area contributed by atoms with Crippen LogP contribution in [0.2, 0.25) is 0 Å². The Kier molecular flexibility index (Phi) is 3.53. The number of benzene rings is 1. The fourth-order valence-corrected chi connectivity index (χ4v) is 2.94. The van der Waals surface area contributed by atoms with Crippen molar-refractivity contribution in [3.8, 4) is 5.75 Å². The van der Waals surface area contributed by atoms with Crippen LogP contribution < -0.4 is 10.5 Å². The zero-order valence-corrected chi connectivity index (χ0v) is 12.2. The summed E-state index contributed by atoms with van der Waals surface area (Å²) in [5.74, 6) is 1.42. The molecule has 2 N–H and O–H groups in total. The average Bonchev–Trinajstić information content (AvgIpc) is 2.99. The van der Waals surface area contributed by atoms with E-state index in [9.17, 15) is 0 Å². The summed E-state index contributed by atoms with van der Waals surface area (Å²) in [5.41, 5.74) is 8.12. The Hall–Kier alpha value is -1.75. The van der Waals surface area contributed by atoms with E-state index < -0.39 is 0 Å². The molecule has 1 atom stereocenters. The highest BCUT2D eigenvalue weighted by Gasteiger charge is 2.25. The van der Waals surface area contributed by atoms with Gasteiger partial charge in [-0.15, -0.1) is 0 Å². The molecule has 0 radical (unpaired) electrons. The molecule has 5 heteroatoms. The third kappa shape index (κ3) is 2.22. The van der Waals surface area contributed by atoms with Crippen LogP contribution in [-0.4, -0.2) is 41.2 Å². The number of likely N-dealkylation sites (tertiary alicyclic amines) is 1. The van der Waals surface area contributed by atoms with Crippen LogP contribution in [0.25, 0.3) is 11.0 Å². The molecule has 1 aromatic heterocycles. The summed E-state index contributed by atoms with van der Waals surface area (Å²) < 4.78 is 7.94. The highest BCUT2D eigenvalue weighted by molar-refractivity contribution is 5.84. The molecule has 1 aliphatic heterocycles. The van der Waals surface area contributed by atoms with Crippen LogP contribution in [0.3, 0.4) is 0 Å². The molecule has 0 bridgehead atoms. The summed E-state index contributed by atoms with van der Waals surface area (Å²) >= 11 is 0. The van der Waals surface area contributed by atoms with E-state index in [0.29, 0.717) is 18.6 Å². The van der Waals surface area contributed by atoms with Gasteiger partial charge in [0, 0.05) is 6.54 Å². The second kappa shape index (κ2) is 5.32. The van der Waals surface area contributed by atoms with Gasteiger partial charge >= 0.3 is 0 Å². The Morgan fingerprint density at radius 2 is 2.30 bits per heavy atom. The number of hydrogen-bond donors (Lipinski definition) is 1. The topological polar surface area (TPSA) is 56.3 Å². The number of imidazole rings is 1.